The summed E-state index contributed by atoms with van der Waals surface area (Å²) in [5.41, 5.74) is 5.90. The van der Waals surface area contributed by atoms with E-state index in [1.54, 1.807) is 36.4 Å². The van der Waals surface area contributed by atoms with Crippen molar-refractivity contribution in [2.24, 2.45) is 5.41 Å². The van der Waals surface area contributed by atoms with E-state index >= 15 is 0 Å². The summed E-state index contributed by atoms with van der Waals surface area (Å²) in [6.45, 7) is 10.5. The Morgan fingerprint density at radius 3 is 2.31 bits per heavy atom. The summed E-state index contributed by atoms with van der Waals surface area (Å²) in [7, 11) is -2.63. The lowest BCUT2D eigenvalue weighted by atomic mass is 9.72. The second-order valence-corrected chi connectivity index (χ2v) is 19.1. The second kappa shape index (κ2) is 17.9. The minimum absolute atomic E-state index is 0.0287. The molecule has 0 aromatic heterocycles. The van der Waals surface area contributed by atoms with Gasteiger partial charge in [-0.1, -0.05) is 66.9 Å². The molecular formula is C44H51Cl2N7O5S. The van der Waals surface area contributed by atoms with Crippen molar-refractivity contribution >= 4 is 73.1 Å². The first-order chi connectivity index (χ1) is 28.1. The van der Waals surface area contributed by atoms with Crippen molar-refractivity contribution in [2.75, 3.05) is 68.4 Å². The number of amides is 1. The molecule has 7 rings (SSSR count). The normalized spacial score (nSPS) is 18.1. The Kier molecular flexibility index (Phi) is 12.9. The molecule has 0 atom stereocenters. The fourth-order valence-electron chi connectivity index (χ4n) is 8.23. The number of benzene rings is 4. The molecule has 312 valence electrons. The number of anilines is 4. The molecule has 4 aromatic rings. The molecule has 0 saturated carbocycles. The number of allylic oxidation sites excluding steroid dienone is 1. The number of sulfonamides is 1. The summed E-state index contributed by atoms with van der Waals surface area (Å²) in [6.07, 6.45) is 4.91. The van der Waals surface area contributed by atoms with E-state index in [2.05, 4.69) is 56.0 Å². The molecule has 3 aliphatic rings. The highest BCUT2D eigenvalue weighted by atomic mass is 35.5. The summed E-state index contributed by atoms with van der Waals surface area (Å²) in [5, 5.41) is 19.9. The summed E-state index contributed by atoms with van der Waals surface area (Å²) in [6, 6.07) is 24.4. The highest BCUT2D eigenvalue weighted by Gasteiger charge is 2.32. The van der Waals surface area contributed by atoms with E-state index in [9.17, 15) is 23.3 Å². The third kappa shape index (κ3) is 10.4. The number of para-hydroxylation sites is 1. The molecule has 2 saturated heterocycles. The number of rotatable bonds is 12. The first-order valence-corrected chi connectivity index (χ1v) is 22.3. The van der Waals surface area contributed by atoms with Crippen LogP contribution in [0.4, 0.5) is 28.4 Å². The molecule has 0 radical (unpaired) electrons. The maximum absolute atomic E-state index is 13.9. The Bertz CT molecular complexity index is 2340. The van der Waals surface area contributed by atoms with E-state index in [0.29, 0.717) is 22.1 Å². The lowest BCUT2D eigenvalue weighted by molar-refractivity contribution is -0.387. The van der Waals surface area contributed by atoms with Gasteiger partial charge < -0.3 is 20.4 Å². The number of nitrogens with one attached hydrogen (secondary N) is 3. The van der Waals surface area contributed by atoms with Crippen LogP contribution in [0.25, 0.3) is 5.57 Å². The highest BCUT2D eigenvalue weighted by Crippen LogP contribution is 2.43. The quantitative estimate of drug-likeness (QED) is 0.0934. The van der Waals surface area contributed by atoms with Gasteiger partial charge in [-0.3, -0.25) is 19.8 Å². The van der Waals surface area contributed by atoms with Crippen LogP contribution in [-0.2, 0) is 10.0 Å². The van der Waals surface area contributed by atoms with E-state index in [0.717, 1.165) is 88.6 Å². The number of piperazine rings is 1. The fraction of sp³-hybridized carbons (Fsp3) is 0.386. The number of nitrogens with zero attached hydrogens (tertiary/aromatic N) is 4. The van der Waals surface area contributed by atoms with E-state index in [4.69, 9.17) is 23.2 Å². The van der Waals surface area contributed by atoms with E-state index in [-0.39, 0.29) is 17.0 Å². The van der Waals surface area contributed by atoms with Crippen LogP contribution in [0.15, 0.2) is 95.4 Å². The van der Waals surface area contributed by atoms with Gasteiger partial charge in [0, 0.05) is 61.2 Å². The molecule has 0 bridgehead atoms. The average Bonchev–Trinajstić information content (AvgIpc) is 3.20. The van der Waals surface area contributed by atoms with Gasteiger partial charge in [0.05, 0.1) is 26.9 Å². The van der Waals surface area contributed by atoms with Crippen LogP contribution in [0.2, 0.25) is 10.0 Å². The van der Waals surface area contributed by atoms with Crippen LogP contribution in [-0.4, -0.2) is 88.0 Å². The van der Waals surface area contributed by atoms with Crippen LogP contribution < -0.4 is 20.3 Å². The predicted molar refractivity (Wildman–Crippen MR) is 238 cm³/mol. The number of hydrogen-bond donors (Lipinski definition) is 3. The molecule has 15 heteroatoms. The maximum atomic E-state index is 13.9. The number of carbonyl (C=O) groups is 1. The summed E-state index contributed by atoms with van der Waals surface area (Å²) >= 11 is 12.8. The zero-order valence-electron chi connectivity index (χ0n) is 33.6. The first-order valence-electron chi connectivity index (χ1n) is 20.0. The minimum atomic E-state index is -4.67. The van der Waals surface area contributed by atoms with Gasteiger partial charge in [-0.05, 0) is 123 Å². The van der Waals surface area contributed by atoms with Gasteiger partial charge in [0.2, 0.25) is 0 Å². The molecule has 3 N–H and O–H groups in total. The number of likely N-dealkylation sites (tertiary alicyclic amines) is 1. The summed E-state index contributed by atoms with van der Waals surface area (Å²) in [5.74, 6) is -0.945. The lowest BCUT2D eigenvalue weighted by Crippen LogP contribution is -2.47. The number of halogens is 2. The Labute approximate surface area is 356 Å². The average molecular weight is 861 g/mol. The Balaban J connectivity index is 1.09. The van der Waals surface area contributed by atoms with E-state index in [1.807, 2.05) is 25.2 Å². The third-order valence-electron chi connectivity index (χ3n) is 11.7. The van der Waals surface area contributed by atoms with Gasteiger partial charge in [-0.25, -0.2) is 13.1 Å². The molecule has 2 heterocycles. The topological polar surface area (TPSA) is 140 Å². The van der Waals surface area contributed by atoms with Crippen LogP contribution in [0.1, 0.15) is 61.9 Å². The van der Waals surface area contributed by atoms with Gasteiger partial charge in [0.25, 0.3) is 21.6 Å². The minimum Gasteiger partial charge on any atom is -0.382 e. The van der Waals surface area contributed by atoms with Gasteiger partial charge in [0.1, 0.15) is 0 Å². The first kappa shape index (κ1) is 42.5. The van der Waals surface area contributed by atoms with Crippen molar-refractivity contribution in [3.8, 4) is 0 Å². The van der Waals surface area contributed by atoms with E-state index < -0.39 is 31.4 Å². The van der Waals surface area contributed by atoms with Crippen molar-refractivity contribution < 1.29 is 18.1 Å². The fourth-order valence-corrected chi connectivity index (χ4v) is 9.66. The number of hydrogen-bond acceptors (Lipinski definition) is 10. The number of nitro benzene ring substituents is 1. The molecule has 1 aliphatic carbocycles. The third-order valence-corrected chi connectivity index (χ3v) is 13.6. The SMILES string of the molecule is CN1CCC(Nc2ccc(S(=O)(=O)NC(=O)c3ccc(N4CCN(CC5=C(c6ccc(Cl)cc6)CC(C)(C)CC5)CC4)cc3Nc3ccccc3Cl)c([N+](=O)[O-])c2)CC1. The van der Waals surface area contributed by atoms with Crippen LogP contribution in [0, 0.1) is 15.5 Å². The molecule has 59 heavy (non-hydrogen) atoms. The molecular weight excluding hydrogens is 810 g/mol. The second-order valence-electron chi connectivity index (χ2n) is 16.6. The number of piperidine rings is 1. The molecule has 1 amide bonds. The zero-order valence-corrected chi connectivity index (χ0v) is 36.0. The molecule has 2 fully saturated rings. The Hall–Kier alpha value is -4.66. The number of nitro groups is 1. The van der Waals surface area contributed by atoms with Crippen molar-refractivity contribution in [3.63, 3.8) is 0 Å². The molecule has 0 unspecified atom stereocenters. The smallest absolute Gasteiger partial charge is 0.291 e. The van der Waals surface area contributed by atoms with Crippen LogP contribution >= 0.6 is 23.2 Å². The van der Waals surface area contributed by atoms with Crippen LogP contribution in [0.3, 0.4) is 0 Å². The summed E-state index contributed by atoms with van der Waals surface area (Å²) in [4.78, 5) is 31.7. The molecule has 4 aromatic carbocycles. The van der Waals surface area contributed by atoms with Gasteiger partial charge in [-0.15, -0.1) is 0 Å². The zero-order chi connectivity index (χ0) is 41.9. The van der Waals surface area contributed by atoms with Crippen molar-refractivity contribution in [2.45, 2.75) is 56.9 Å². The van der Waals surface area contributed by atoms with Crippen molar-refractivity contribution in [1.29, 1.82) is 0 Å². The largest absolute Gasteiger partial charge is 0.382 e. The Morgan fingerprint density at radius 1 is 0.898 bits per heavy atom. The van der Waals surface area contributed by atoms with E-state index in [1.165, 1.54) is 34.9 Å². The van der Waals surface area contributed by atoms with Gasteiger partial charge >= 0.3 is 0 Å². The molecule has 2 aliphatic heterocycles. The lowest BCUT2D eigenvalue weighted by Gasteiger charge is -2.39. The maximum Gasteiger partial charge on any atom is 0.291 e. The number of carbonyl (C=O) groups excluding carboxylic acids is 1. The molecule has 0 spiro atoms. The van der Waals surface area contributed by atoms with Gasteiger partial charge in [-0.2, -0.15) is 0 Å². The van der Waals surface area contributed by atoms with Crippen molar-refractivity contribution in [1.82, 2.24) is 14.5 Å². The monoisotopic (exact) mass is 859 g/mol. The standard InChI is InChI=1S/C44H51Cl2N7O5S/c1-44(2)19-16-31(37(28-44)30-8-10-32(45)11-9-30)29-51-22-24-52(25-23-51)35-13-14-36(40(27-35)48-39-7-5-4-6-38(39)46)43(54)49-59(57,58)42-15-12-34(26-41(42)53(55)56)47-33-17-20-50(3)21-18-33/h4-15,26-27,33,47-48H,16-25,28-29H2,1-3H3,(H,49,54). The summed E-state index contributed by atoms with van der Waals surface area (Å²) < 4.78 is 29.5. The highest BCUT2D eigenvalue weighted by molar-refractivity contribution is 7.90. The Morgan fingerprint density at radius 2 is 1.61 bits per heavy atom. The predicted octanol–water partition coefficient (Wildman–Crippen LogP) is 9.06. The van der Waals surface area contributed by atoms with Crippen molar-refractivity contribution in [3.05, 3.63) is 122 Å². The molecule has 12 nitrogen and oxygen atoms in total. The van der Waals surface area contributed by atoms with Gasteiger partial charge in [0.15, 0.2) is 4.90 Å². The van der Waals surface area contributed by atoms with Crippen LogP contribution in [0.5, 0.6) is 0 Å².